The van der Waals surface area contributed by atoms with E-state index >= 15 is 0 Å². The second-order valence-corrected chi connectivity index (χ2v) is 5.86. The summed E-state index contributed by atoms with van der Waals surface area (Å²) in [7, 11) is 0. The SMILES string of the molecule is CC1CC(NC(=O)c2cccc(Oc3ccncc3)c2)CCN1.Cl.Cl. The van der Waals surface area contributed by atoms with Gasteiger partial charge in [0.2, 0.25) is 0 Å². The van der Waals surface area contributed by atoms with E-state index < -0.39 is 0 Å². The maximum absolute atomic E-state index is 12.4. The summed E-state index contributed by atoms with van der Waals surface area (Å²) < 4.78 is 5.75. The van der Waals surface area contributed by atoms with E-state index in [9.17, 15) is 4.79 Å². The number of carbonyl (C=O) groups excluding carboxylic acids is 1. The van der Waals surface area contributed by atoms with Crippen LogP contribution >= 0.6 is 24.8 Å². The minimum Gasteiger partial charge on any atom is -0.457 e. The van der Waals surface area contributed by atoms with Crippen LogP contribution in [-0.2, 0) is 0 Å². The van der Waals surface area contributed by atoms with Crippen LogP contribution in [0, 0.1) is 0 Å². The molecule has 136 valence electrons. The van der Waals surface area contributed by atoms with Gasteiger partial charge in [0.1, 0.15) is 11.5 Å². The van der Waals surface area contributed by atoms with Gasteiger partial charge < -0.3 is 15.4 Å². The molecular formula is C18H23Cl2N3O2. The van der Waals surface area contributed by atoms with Crippen molar-refractivity contribution < 1.29 is 9.53 Å². The molecular weight excluding hydrogens is 361 g/mol. The lowest BCUT2D eigenvalue weighted by Gasteiger charge is -2.28. The summed E-state index contributed by atoms with van der Waals surface area (Å²) in [6.07, 6.45) is 5.26. The van der Waals surface area contributed by atoms with Crippen LogP contribution < -0.4 is 15.4 Å². The third-order valence-electron chi connectivity index (χ3n) is 3.94. The van der Waals surface area contributed by atoms with Gasteiger partial charge in [0, 0.05) is 30.0 Å². The summed E-state index contributed by atoms with van der Waals surface area (Å²) >= 11 is 0. The van der Waals surface area contributed by atoms with E-state index in [0.717, 1.165) is 19.4 Å². The second-order valence-electron chi connectivity index (χ2n) is 5.86. The molecule has 2 heterocycles. The largest absolute Gasteiger partial charge is 0.457 e. The van der Waals surface area contributed by atoms with Crippen LogP contribution in [0.1, 0.15) is 30.1 Å². The average Bonchev–Trinajstić information content (AvgIpc) is 2.56. The highest BCUT2D eigenvalue weighted by Gasteiger charge is 2.20. The van der Waals surface area contributed by atoms with Crippen molar-refractivity contribution in [1.29, 1.82) is 0 Å². The fourth-order valence-corrected chi connectivity index (χ4v) is 2.77. The summed E-state index contributed by atoms with van der Waals surface area (Å²) in [6, 6.07) is 11.5. The summed E-state index contributed by atoms with van der Waals surface area (Å²) in [5.41, 5.74) is 0.614. The van der Waals surface area contributed by atoms with Gasteiger partial charge in [-0.25, -0.2) is 0 Å². The van der Waals surface area contributed by atoms with Crippen LogP contribution in [0.2, 0.25) is 0 Å². The van der Waals surface area contributed by atoms with Crippen LogP contribution in [0.3, 0.4) is 0 Å². The van der Waals surface area contributed by atoms with Crippen LogP contribution in [0.5, 0.6) is 11.5 Å². The van der Waals surface area contributed by atoms with Crippen LogP contribution in [-0.4, -0.2) is 29.5 Å². The predicted molar refractivity (Wildman–Crippen MR) is 103 cm³/mol. The van der Waals surface area contributed by atoms with E-state index in [-0.39, 0.29) is 36.8 Å². The van der Waals surface area contributed by atoms with E-state index in [0.29, 0.717) is 23.1 Å². The molecule has 7 heteroatoms. The Labute approximate surface area is 160 Å². The number of amides is 1. The smallest absolute Gasteiger partial charge is 0.251 e. The van der Waals surface area contributed by atoms with E-state index in [2.05, 4.69) is 22.5 Å². The Morgan fingerprint density at radius 3 is 2.68 bits per heavy atom. The van der Waals surface area contributed by atoms with Crippen LogP contribution in [0.4, 0.5) is 0 Å². The molecule has 2 N–H and O–H groups in total. The number of aromatic nitrogens is 1. The number of benzene rings is 1. The fraction of sp³-hybridized carbons (Fsp3) is 0.333. The highest BCUT2D eigenvalue weighted by Crippen LogP contribution is 2.21. The molecule has 1 aliphatic rings. The molecule has 1 aliphatic heterocycles. The zero-order valence-corrected chi connectivity index (χ0v) is 15.6. The van der Waals surface area contributed by atoms with Gasteiger partial charge in [-0.3, -0.25) is 9.78 Å². The van der Waals surface area contributed by atoms with Crippen LogP contribution in [0.25, 0.3) is 0 Å². The summed E-state index contributed by atoms with van der Waals surface area (Å²) in [5, 5.41) is 6.50. The van der Waals surface area contributed by atoms with Gasteiger partial charge in [-0.1, -0.05) is 6.07 Å². The number of nitrogens with zero attached hydrogens (tertiary/aromatic N) is 1. The normalized spacial score (nSPS) is 19.1. The Morgan fingerprint density at radius 1 is 1.20 bits per heavy atom. The summed E-state index contributed by atoms with van der Waals surface area (Å²) in [4.78, 5) is 16.4. The molecule has 0 spiro atoms. The monoisotopic (exact) mass is 383 g/mol. The molecule has 0 radical (unpaired) electrons. The molecule has 0 saturated carbocycles. The van der Waals surface area contributed by atoms with Gasteiger partial charge in [-0.15, -0.1) is 24.8 Å². The van der Waals surface area contributed by atoms with E-state index in [1.807, 2.05) is 12.1 Å². The molecule has 1 fully saturated rings. The van der Waals surface area contributed by atoms with E-state index in [1.54, 1.807) is 36.7 Å². The first kappa shape index (κ1) is 21.2. The molecule has 0 aliphatic carbocycles. The molecule has 2 unspecified atom stereocenters. The van der Waals surface area contributed by atoms with Gasteiger partial charge in [0.05, 0.1) is 0 Å². The Kier molecular flexibility index (Phi) is 8.69. The molecule has 3 rings (SSSR count). The first-order valence-electron chi connectivity index (χ1n) is 7.93. The first-order chi connectivity index (χ1) is 11.2. The molecule has 1 saturated heterocycles. The zero-order chi connectivity index (χ0) is 16.1. The molecule has 2 aromatic rings. The number of hydrogen-bond donors (Lipinski definition) is 2. The van der Waals surface area contributed by atoms with Gasteiger partial charge in [-0.05, 0) is 56.6 Å². The molecule has 25 heavy (non-hydrogen) atoms. The molecule has 1 aromatic carbocycles. The van der Waals surface area contributed by atoms with Gasteiger partial charge in [-0.2, -0.15) is 0 Å². The third kappa shape index (κ3) is 6.20. The van der Waals surface area contributed by atoms with Gasteiger partial charge in [0.25, 0.3) is 5.91 Å². The number of hydrogen-bond acceptors (Lipinski definition) is 4. The number of rotatable bonds is 4. The maximum Gasteiger partial charge on any atom is 0.251 e. The Hall–Kier alpha value is -1.82. The fourth-order valence-electron chi connectivity index (χ4n) is 2.77. The minimum absolute atomic E-state index is 0. The lowest BCUT2D eigenvalue weighted by Crippen LogP contribution is -2.46. The highest BCUT2D eigenvalue weighted by molar-refractivity contribution is 5.94. The van der Waals surface area contributed by atoms with Crippen molar-refractivity contribution in [2.24, 2.45) is 0 Å². The van der Waals surface area contributed by atoms with Crippen LogP contribution in [0.15, 0.2) is 48.8 Å². The lowest BCUT2D eigenvalue weighted by molar-refractivity contribution is 0.0925. The summed E-state index contributed by atoms with van der Waals surface area (Å²) in [5.74, 6) is 1.29. The van der Waals surface area contributed by atoms with Crippen molar-refractivity contribution in [3.05, 3.63) is 54.4 Å². The van der Waals surface area contributed by atoms with Crippen molar-refractivity contribution in [2.45, 2.75) is 31.8 Å². The molecule has 2 atom stereocenters. The van der Waals surface area contributed by atoms with Crippen molar-refractivity contribution >= 4 is 30.7 Å². The Morgan fingerprint density at radius 2 is 1.96 bits per heavy atom. The standard InChI is InChI=1S/C18H21N3O2.2ClH/c1-13-11-15(5-10-20-13)21-18(22)14-3-2-4-17(12-14)23-16-6-8-19-9-7-16;;/h2-4,6-9,12-13,15,20H,5,10-11H2,1H3,(H,21,22);2*1H. The van der Waals surface area contributed by atoms with Crippen molar-refractivity contribution in [3.63, 3.8) is 0 Å². The van der Waals surface area contributed by atoms with Gasteiger partial charge >= 0.3 is 0 Å². The van der Waals surface area contributed by atoms with Crippen molar-refractivity contribution in [2.75, 3.05) is 6.54 Å². The van der Waals surface area contributed by atoms with E-state index in [1.165, 1.54) is 0 Å². The molecule has 5 nitrogen and oxygen atoms in total. The third-order valence-corrected chi connectivity index (χ3v) is 3.94. The van der Waals surface area contributed by atoms with Crippen molar-refractivity contribution in [3.8, 4) is 11.5 Å². The van der Waals surface area contributed by atoms with Gasteiger partial charge in [0.15, 0.2) is 0 Å². The minimum atomic E-state index is -0.0516. The first-order valence-corrected chi connectivity index (χ1v) is 7.93. The topological polar surface area (TPSA) is 63.2 Å². The number of ether oxygens (including phenoxy) is 1. The second kappa shape index (κ2) is 10.2. The predicted octanol–water partition coefficient (Wildman–Crippen LogP) is 3.59. The number of piperidine rings is 1. The quantitative estimate of drug-likeness (QED) is 0.846. The molecule has 1 aromatic heterocycles. The summed E-state index contributed by atoms with van der Waals surface area (Å²) in [6.45, 7) is 3.08. The number of pyridine rings is 1. The zero-order valence-electron chi connectivity index (χ0n) is 14.0. The highest BCUT2D eigenvalue weighted by atomic mass is 35.5. The average molecular weight is 384 g/mol. The number of nitrogens with one attached hydrogen (secondary N) is 2. The number of carbonyl (C=O) groups is 1. The number of halogens is 2. The molecule has 1 amide bonds. The van der Waals surface area contributed by atoms with E-state index in [4.69, 9.17) is 4.74 Å². The maximum atomic E-state index is 12.4. The Balaban J connectivity index is 0.00000156. The lowest BCUT2D eigenvalue weighted by atomic mass is 10.0. The van der Waals surface area contributed by atoms with Crippen molar-refractivity contribution in [1.82, 2.24) is 15.6 Å². The Bertz CT molecular complexity index is 670. The molecule has 0 bridgehead atoms.